The number of nitrogens with zero attached hydrogens (tertiary/aromatic N) is 1. The normalized spacial score (nSPS) is 12.5. The molecule has 0 saturated heterocycles. The fourth-order valence-electron chi connectivity index (χ4n) is 3.31. The second-order valence-electron chi connectivity index (χ2n) is 7.85. The standard InChI is InChI=1S/C26H25N3O6S/c1-3-17-6-8-18(9-7-17)29-24(31)16(2)35-26(32)20-5-4-12-27-25(20)36-14-23(30)28-19-10-11-21-22(13-19)34-15-33-21/h4-13,16H,3,14-15H2,1-2H3,(H,28,30)(H,29,31)/t16-/m0/s1. The van der Waals surface area contributed by atoms with Gasteiger partial charge in [-0.3, -0.25) is 9.59 Å². The molecule has 0 saturated carbocycles. The van der Waals surface area contributed by atoms with Crippen LogP contribution in [0.3, 0.4) is 0 Å². The Kier molecular flexibility index (Phi) is 8.06. The highest BCUT2D eigenvalue weighted by Gasteiger charge is 2.22. The van der Waals surface area contributed by atoms with Crippen LogP contribution < -0.4 is 20.1 Å². The van der Waals surface area contributed by atoms with Crippen LogP contribution in [0.15, 0.2) is 65.8 Å². The van der Waals surface area contributed by atoms with Gasteiger partial charge in [0.15, 0.2) is 17.6 Å². The fraction of sp³-hybridized carbons (Fsp3) is 0.231. The number of ether oxygens (including phenoxy) is 3. The number of pyridine rings is 1. The van der Waals surface area contributed by atoms with Gasteiger partial charge >= 0.3 is 5.97 Å². The second-order valence-corrected chi connectivity index (χ2v) is 8.81. The number of rotatable bonds is 9. The number of carbonyl (C=O) groups excluding carboxylic acids is 3. The average Bonchev–Trinajstić information content (AvgIpc) is 3.36. The number of esters is 1. The molecule has 2 amide bonds. The predicted molar refractivity (Wildman–Crippen MR) is 135 cm³/mol. The summed E-state index contributed by atoms with van der Waals surface area (Å²) in [6, 6.07) is 15.7. The van der Waals surface area contributed by atoms with E-state index in [-0.39, 0.29) is 24.0 Å². The van der Waals surface area contributed by atoms with Gasteiger partial charge in [-0.2, -0.15) is 0 Å². The van der Waals surface area contributed by atoms with Gasteiger partial charge in [0.2, 0.25) is 12.7 Å². The topological polar surface area (TPSA) is 116 Å². The summed E-state index contributed by atoms with van der Waals surface area (Å²) in [4.78, 5) is 41.9. The molecule has 10 heteroatoms. The number of anilines is 2. The largest absolute Gasteiger partial charge is 0.454 e. The number of aryl methyl sites for hydroxylation is 1. The van der Waals surface area contributed by atoms with E-state index in [9.17, 15) is 14.4 Å². The molecule has 1 aliphatic rings. The lowest BCUT2D eigenvalue weighted by Gasteiger charge is -2.15. The Morgan fingerprint density at radius 3 is 2.56 bits per heavy atom. The van der Waals surface area contributed by atoms with E-state index in [0.29, 0.717) is 27.9 Å². The number of carbonyl (C=O) groups is 3. The first-order valence-electron chi connectivity index (χ1n) is 11.3. The zero-order chi connectivity index (χ0) is 25.5. The molecule has 0 spiro atoms. The van der Waals surface area contributed by atoms with Crippen molar-refractivity contribution in [2.75, 3.05) is 23.2 Å². The van der Waals surface area contributed by atoms with Crippen LogP contribution in [0.25, 0.3) is 0 Å². The summed E-state index contributed by atoms with van der Waals surface area (Å²) < 4.78 is 15.9. The Labute approximate surface area is 212 Å². The van der Waals surface area contributed by atoms with E-state index in [0.717, 1.165) is 23.7 Å². The van der Waals surface area contributed by atoms with Gasteiger partial charge < -0.3 is 24.8 Å². The molecule has 2 heterocycles. The smallest absolute Gasteiger partial charge is 0.341 e. The third-order valence-corrected chi connectivity index (χ3v) is 6.28. The molecule has 0 unspecified atom stereocenters. The summed E-state index contributed by atoms with van der Waals surface area (Å²) in [6.45, 7) is 3.69. The summed E-state index contributed by atoms with van der Waals surface area (Å²) in [5.41, 5.74) is 2.50. The van der Waals surface area contributed by atoms with Gasteiger partial charge in [-0.05, 0) is 55.3 Å². The fourth-order valence-corrected chi connectivity index (χ4v) is 4.09. The quantitative estimate of drug-likeness (QED) is 0.326. The molecule has 9 nitrogen and oxygen atoms in total. The molecule has 3 aromatic rings. The van der Waals surface area contributed by atoms with Gasteiger partial charge in [-0.1, -0.05) is 30.8 Å². The molecule has 0 radical (unpaired) electrons. The lowest BCUT2D eigenvalue weighted by molar-refractivity contribution is -0.123. The van der Waals surface area contributed by atoms with Crippen LogP contribution in [-0.4, -0.2) is 41.4 Å². The summed E-state index contributed by atoms with van der Waals surface area (Å²) in [6.07, 6.45) is 1.38. The molecule has 0 bridgehead atoms. The molecule has 4 rings (SSSR count). The highest BCUT2D eigenvalue weighted by molar-refractivity contribution is 8.00. The van der Waals surface area contributed by atoms with Crippen LogP contribution in [0.2, 0.25) is 0 Å². The lowest BCUT2D eigenvalue weighted by atomic mass is 10.1. The average molecular weight is 508 g/mol. The number of fused-ring (bicyclic) bond motifs is 1. The van der Waals surface area contributed by atoms with Gasteiger partial charge in [0, 0.05) is 23.6 Å². The van der Waals surface area contributed by atoms with Crippen LogP contribution in [0, 0.1) is 0 Å². The monoisotopic (exact) mass is 507 g/mol. The van der Waals surface area contributed by atoms with Crippen molar-refractivity contribution in [2.45, 2.75) is 31.4 Å². The highest BCUT2D eigenvalue weighted by atomic mass is 32.2. The van der Waals surface area contributed by atoms with Gasteiger partial charge in [0.25, 0.3) is 5.91 Å². The van der Waals surface area contributed by atoms with Gasteiger partial charge in [-0.25, -0.2) is 9.78 Å². The number of aromatic nitrogens is 1. The minimum absolute atomic E-state index is 0.00945. The molecule has 186 valence electrons. The zero-order valence-electron chi connectivity index (χ0n) is 19.8. The van der Waals surface area contributed by atoms with Crippen molar-refractivity contribution in [1.29, 1.82) is 0 Å². The van der Waals surface area contributed by atoms with E-state index < -0.39 is 18.0 Å². The minimum atomic E-state index is -1.03. The van der Waals surface area contributed by atoms with Gasteiger partial charge in [-0.15, -0.1) is 0 Å². The van der Waals surface area contributed by atoms with E-state index in [1.54, 1.807) is 42.5 Å². The van der Waals surface area contributed by atoms with Crippen molar-refractivity contribution in [1.82, 2.24) is 4.98 Å². The number of hydrogen-bond acceptors (Lipinski definition) is 8. The van der Waals surface area contributed by atoms with Crippen molar-refractivity contribution in [3.63, 3.8) is 0 Å². The first kappa shape index (κ1) is 25.1. The lowest BCUT2D eigenvalue weighted by Crippen LogP contribution is -2.30. The van der Waals surface area contributed by atoms with E-state index >= 15 is 0 Å². The number of hydrogen-bond donors (Lipinski definition) is 2. The molecule has 2 N–H and O–H groups in total. The molecule has 1 aromatic heterocycles. The Morgan fingerprint density at radius 1 is 1.03 bits per heavy atom. The van der Waals surface area contributed by atoms with Crippen LogP contribution in [-0.2, 0) is 20.7 Å². The molecule has 0 aliphatic carbocycles. The zero-order valence-corrected chi connectivity index (χ0v) is 20.6. The molecule has 1 atom stereocenters. The van der Waals surface area contributed by atoms with Crippen LogP contribution >= 0.6 is 11.8 Å². The van der Waals surface area contributed by atoms with Gasteiger partial charge in [0.1, 0.15) is 5.03 Å². The maximum Gasteiger partial charge on any atom is 0.341 e. The van der Waals surface area contributed by atoms with Crippen molar-refractivity contribution in [2.24, 2.45) is 0 Å². The van der Waals surface area contributed by atoms with E-state index in [4.69, 9.17) is 14.2 Å². The van der Waals surface area contributed by atoms with E-state index in [1.165, 1.54) is 13.1 Å². The Hall–Kier alpha value is -4.05. The highest BCUT2D eigenvalue weighted by Crippen LogP contribution is 2.34. The third-order valence-electron chi connectivity index (χ3n) is 5.27. The summed E-state index contributed by atoms with van der Waals surface area (Å²) in [7, 11) is 0. The first-order chi connectivity index (χ1) is 17.4. The van der Waals surface area contributed by atoms with Crippen molar-refractivity contribution >= 4 is 40.9 Å². The van der Waals surface area contributed by atoms with E-state index in [1.807, 2.05) is 19.1 Å². The van der Waals surface area contributed by atoms with Crippen molar-refractivity contribution < 1.29 is 28.6 Å². The molecule has 2 aromatic carbocycles. The number of nitrogens with one attached hydrogen (secondary N) is 2. The Balaban J connectivity index is 1.32. The number of benzene rings is 2. The van der Waals surface area contributed by atoms with Gasteiger partial charge in [0.05, 0.1) is 11.3 Å². The van der Waals surface area contributed by atoms with Crippen LogP contribution in [0.4, 0.5) is 11.4 Å². The van der Waals surface area contributed by atoms with Crippen LogP contribution in [0.1, 0.15) is 29.8 Å². The Morgan fingerprint density at radius 2 is 1.78 bits per heavy atom. The first-order valence-corrected chi connectivity index (χ1v) is 12.3. The van der Waals surface area contributed by atoms with Crippen molar-refractivity contribution in [3.8, 4) is 11.5 Å². The maximum atomic E-state index is 12.8. The SMILES string of the molecule is CCc1ccc(NC(=O)[C@H](C)OC(=O)c2cccnc2SCC(=O)Nc2ccc3c(c2)OCO3)cc1. The second kappa shape index (κ2) is 11.6. The molecule has 36 heavy (non-hydrogen) atoms. The van der Waals surface area contributed by atoms with Crippen LogP contribution in [0.5, 0.6) is 11.5 Å². The summed E-state index contributed by atoms with van der Waals surface area (Å²) >= 11 is 1.09. The molecular formula is C26H25N3O6S. The van der Waals surface area contributed by atoms with E-state index in [2.05, 4.69) is 15.6 Å². The molecule has 0 fully saturated rings. The molecule has 1 aliphatic heterocycles. The summed E-state index contributed by atoms with van der Waals surface area (Å²) in [5, 5.41) is 5.84. The minimum Gasteiger partial charge on any atom is -0.454 e. The molecular weight excluding hydrogens is 482 g/mol. The Bertz CT molecular complexity index is 1260. The maximum absolute atomic E-state index is 12.8. The van der Waals surface area contributed by atoms with Crippen molar-refractivity contribution in [3.05, 3.63) is 71.9 Å². The number of amides is 2. The number of thioether (sulfide) groups is 1. The summed E-state index contributed by atoms with van der Waals surface area (Å²) in [5.74, 6) is -0.247. The predicted octanol–water partition coefficient (Wildman–Crippen LogP) is 4.29. The third kappa shape index (κ3) is 6.33.